The second kappa shape index (κ2) is 6.61. The molecule has 0 amide bonds. The highest BCUT2D eigenvalue weighted by Gasteiger charge is 2.16. The quantitative estimate of drug-likeness (QED) is 0.477. The molecule has 0 bridgehead atoms. The summed E-state index contributed by atoms with van der Waals surface area (Å²) in [6.07, 6.45) is 3.69. The molecule has 122 valence electrons. The van der Waals surface area contributed by atoms with Gasteiger partial charge in [-0.05, 0) is 30.3 Å². The fourth-order valence-corrected chi connectivity index (χ4v) is 3.31. The predicted molar refractivity (Wildman–Crippen MR) is 101 cm³/mol. The molecule has 0 fully saturated rings. The van der Waals surface area contributed by atoms with Gasteiger partial charge < -0.3 is 0 Å². The Balaban J connectivity index is 1.80. The van der Waals surface area contributed by atoms with E-state index in [0.29, 0.717) is 11.5 Å². The zero-order valence-electron chi connectivity index (χ0n) is 13.3. The minimum Gasteiger partial charge on any atom is -0.294 e. The Bertz CT molecular complexity index is 1060. The van der Waals surface area contributed by atoms with Crippen LogP contribution in [0.4, 0.5) is 0 Å². The van der Waals surface area contributed by atoms with E-state index in [1.807, 2.05) is 59.2 Å². The summed E-state index contributed by atoms with van der Waals surface area (Å²) < 4.78 is 2.84. The van der Waals surface area contributed by atoms with Gasteiger partial charge in [0.1, 0.15) is 0 Å². The van der Waals surface area contributed by atoms with Crippen molar-refractivity contribution in [2.24, 2.45) is 0 Å². The second-order valence-corrected chi connectivity index (χ2v) is 6.60. The molecule has 0 saturated carbocycles. The van der Waals surface area contributed by atoms with Gasteiger partial charge in [0.25, 0.3) is 0 Å². The smallest absolute Gasteiger partial charge is 0.234 e. The molecule has 0 saturated heterocycles. The Morgan fingerprint density at radius 3 is 2.56 bits per heavy atom. The van der Waals surface area contributed by atoms with E-state index in [1.165, 1.54) is 0 Å². The number of carbonyl (C=O) groups is 1. The molecule has 0 aliphatic carbocycles. The SMILES string of the molecule is O=C(Cc1cc2ccccc2n1-c1ncccn1)c1cccc(Br)c1. The fraction of sp³-hybridized carbons (Fsp3) is 0.0500. The molecule has 2 heterocycles. The summed E-state index contributed by atoms with van der Waals surface area (Å²) in [6, 6.07) is 19.3. The standard InChI is InChI=1S/C20H14BrN3O/c21-16-7-3-6-15(11-16)19(25)13-17-12-14-5-1-2-8-18(14)24(17)20-22-9-4-10-23-20/h1-12H,13H2. The Kier molecular flexibility index (Phi) is 4.15. The van der Waals surface area contributed by atoms with Crippen LogP contribution in [0, 0.1) is 0 Å². The van der Waals surface area contributed by atoms with Crippen LogP contribution < -0.4 is 0 Å². The van der Waals surface area contributed by atoms with Crippen molar-refractivity contribution in [2.45, 2.75) is 6.42 Å². The molecule has 0 aliphatic heterocycles. The number of ketones is 1. The summed E-state index contributed by atoms with van der Waals surface area (Å²) in [4.78, 5) is 21.5. The number of nitrogens with zero attached hydrogens (tertiary/aromatic N) is 3. The molecular formula is C20H14BrN3O. The molecule has 0 spiro atoms. The highest BCUT2D eigenvalue weighted by Crippen LogP contribution is 2.24. The number of rotatable bonds is 4. The average Bonchev–Trinajstić information content (AvgIpc) is 3.00. The van der Waals surface area contributed by atoms with Crippen LogP contribution in [-0.2, 0) is 6.42 Å². The van der Waals surface area contributed by atoms with Gasteiger partial charge in [-0.25, -0.2) is 9.97 Å². The molecule has 0 aliphatic rings. The third-order valence-corrected chi connectivity index (χ3v) is 4.52. The van der Waals surface area contributed by atoms with E-state index in [4.69, 9.17) is 0 Å². The summed E-state index contributed by atoms with van der Waals surface area (Å²) in [5.74, 6) is 0.627. The number of benzene rings is 2. The van der Waals surface area contributed by atoms with E-state index in [9.17, 15) is 4.79 Å². The Morgan fingerprint density at radius 2 is 1.76 bits per heavy atom. The van der Waals surface area contributed by atoms with Crippen LogP contribution in [-0.4, -0.2) is 20.3 Å². The van der Waals surface area contributed by atoms with Crippen LogP contribution in [0.5, 0.6) is 0 Å². The van der Waals surface area contributed by atoms with Crippen molar-refractivity contribution in [3.8, 4) is 5.95 Å². The van der Waals surface area contributed by atoms with E-state index >= 15 is 0 Å². The van der Waals surface area contributed by atoms with Crippen molar-refractivity contribution in [1.82, 2.24) is 14.5 Å². The van der Waals surface area contributed by atoms with Gasteiger partial charge in [-0.2, -0.15) is 0 Å². The van der Waals surface area contributed by atoms with Crippen molar-refractivity contribution < 1.29 is 4.79 Å². The van der Waals surface area contributed by atoms with Gasteiger partial charge in [0.15, 0.2) is 5.78 Å². The van der Waals surface area contributed by atoms with Crippen LogP contribution in [0.15, 0.2) is 77.5 Å². The van der Waals surface area contributed by atoms with Crippen molar-refractivity contribution in [3.63, 3.8) is 0 Å². The van der Waals surface area contributed by atoms with Crippen LogP contribution in [0.25, 0.3) is 16.9 Å². The predicted octanol–water partition coefficient (Wildman–Crippen LogP) is 4.61. The van der Waals surface area contributed by atoms with Crippen molar-refractivity contribution in [3.05, 3.63) is 88.8 Å². The number of fused-ring (bicyclic) bond motifs is 1. The summed E-state index contributed by atoms with van der Waals surface area (Å²) >= 11 is 3.42. The highest BCUT2D eigenvalue weighted by atomic mass is 79.9. The number of para-hydroxylation sites is 1. The molecule has 0 atom stereocenters. The van der Waals surface area contributed by atoms with E-state index in [1.54, 1.807) is 18.5 Å². The molecular weight excluding hydrogens is 378 g/mol. The summed E-state index contributed by atoms with van der Waals surface area (Å²) in [6.45, 7) is 0. The lowest BCUT2D eigenvalue weighted by Crippen LogP contribution is -2.10. The molecule has 4 rings (SSSR count). The lowest BCUT2D eigenvalue weighted by Gasteiger charge is -2.08. The average molecular weight is 392 g/mol. The summed E-state index contributed by atoms with van der Waals surface area (Å²) in [7, 11) is 0. The molecule has 0 N–H and O–H groups in total. The maximum Gasteiger partial charge on any atom is 0.234 e. The molecule has 4 aromatic rings. The highest BCUT2D eigenvalue weighted by molar-refractivity contribution is 9.10. The van der Waals surface area contributed by atoms with Gasteiger partial charge in [-0.15, -0.1) is 0 Å². The third kappa shape index (κ3) is 3.10. The number of hydrogen-bond donors (Lipinski definition) is 0. The van der Waals surface area contributed by atoms with E-state index in [2.05, 4.69) is 25.9 Å². The molecule has 0 unspecified atom stereocenters. The minimum absolute atomic E-state index is 0.0567. The third-order valence-electron chi connectivity index (χ3n) is 4.03. The largest absolute Gasteiger partial charge is 0.294 e. The Hall–Kier alpha value is -2.79. The normalized spacial score (nSPS) is 10.9. The van der Waals surface area contributed by atoms with E-state index in [0.717, 1.165) is 21.1 Å². The maximum absolute atomic E-state index is 12.8. The van der Waals surface area contributed by atoms with Crippen molar-refractivity contribution in [2.75, 3.05) is 0 Å². The van der Waals surface area contributed by atoms with Crippen LogP contribution >= 0.6 is 15.9 Å². The fourth-order valence-electron chi connectivity index (χ4n) is 2.91. The second-order valence-electron chi connectivity index (χ2n) is 5.69. The number of Topliss-reactive ketones (excluding diaryl/α,β-unsaturated/α-hetero) is 1. The van der Waals surface area contributed by atoms with Crippen molar-refractivity contribution in [1.29, 1.82) is 0 Å². The molecule has 5 heteroatoms. The van der Waals surface area contributed by atoms with Gasteiger partial charge >= 0.3 is 0 Å². The first-order chi connectivity index (χ1) is 12.2. The van der Waals surface area contributed by atoms with Gasteiger partial charge in [0.2, 0.25) is 5.95 Å². The lowest BCUT2D eigenvalue weighted by molar-refractivity contribution is 0.0991. The first-order valence-corrected chi connectivity index (χ1v) is 8.67. The molecule has 2 aromatic heterocycles. The van der Waals surface area contributed by atoms with Crippen molar-refractivity contribution >= 4 is 32.6 Å². The monoisotopic (exact) mass is 391 g/mol. The zero-order valence-corrected chi connectivity index (χ0v) is 14.8. The van der Waals surface area contributed by atoms with Gasteiger partial charge in [0, 0.05) is 33.5 Å². The first kappa shape index (κ1) is 15.7. The first-order valence-electron chi connectivity index (χ1n) is 7.88. The van der Waals surface area contributed by atoms with Gasteiger partial charge in [-0.1, -0.05) is 46.3 Å². The Morgan fingerprint density at radius 1 is 0.960 bits per heavy atom. The van der Waals surface area contributed by atoms with Gasteiger partial charge in [-0.3, -0.25) is 9.36 Å². The lowest BCUT2D eigenvalue weighted by atomic mass is 10.1. The number of halogens is 1. The topological polar surface area (TPSA) is 47.8 Å². The number of carbonyl (C=O) groups excluding carboxylic acids is 1. The van der Waals surface area contributed by atoms with Crippen LogP contribution in [0.3, 0.4) is 0 Å². The van der Waals surface area contributed by atoms with E-state index in [-0.39, 0.29) is 12.2 Å². The molecule has 25 heavy (non-hydrogen) atoms. The zero-order chi connectivity index (χ0) is 17.2. The summed E-state index contributed by atoms with van der Waals surface area (Å²) in [5, 5.41) is 1.06. The molecule has 2 aromatic carbocycles. The number of aromatic nitrogens is 3. The van der Waals surface area contributed by atoms with Crippen LogP contribution in [0.2, 0.25) is 0 Å². The Labute approximate surface area is 153 Å². The minimum atomic E-state index is 0.0567. The van der Waals surface area contributed by atoms with Gasteiger partial charge in [0.05, 0.1) is 11.9 Å². The van der Waals surface area contributed by atoms with E-state index < -0.39 is 0 Å². The molecule has 0 radical (unpaired) electrons. The summed E-state index contributed by atoms with van der Waals surface area (Å²) in [5.41, 5.74) is 2.54. The number of hydrogen-bond acceptors (Lipinski definition) is 3. The van der Waals surface area contributed by atoms with Crippen LogP contribution in [0.1, 0.15) is 16.1 Å². The maximum atomic E-state index is 12.8. The molecule has 4 nitrogen and oxygen atoms in total.